The first kappa shape index (κ1) is 14.4. The summed E-state index contributed by atoms with van der Waals surface area (Å²) >= 11 is 0. The quantitative estimate of drug-likeness (QED) is 0.731. The first-order valence-electron chi connectivity index (χ1n) is 6.86. The Bertz CT molecular complexity index is 786. The average molecular weight is 310 g/mol. The first-order valence-corrected chi connectivity index (χ1v) is 8.57. The second-order valence-electron chi connectivity index (χ2n) is 4.95. The van der Waals surface area contributed by atoms with Gasteiger partial charge >= 0.3 is 0 Å². The molecule has 0 unspecified atom stereocenters. The molecule has 0 fully saturated rings. The summed E-state index contributed by atoms with van der Waals surface area (Å²) in [6.07, 6.45) is 0. The third-order valence-electron chi connectivity index (χ3n) is 3.54. The minimum absolute atomic E-state index is 0.0612. The van der Waals surface area contributed by atoms with Crippen molar-refractivity contribution in [2.45, 2.75) is 0 Å². The summed E-state index contributed by atoms with van der Waals surface area (Å²) in [6.45, 7) is 0. The molecule has 3 rings (SSSR count). The molecule has 0 aliphatic carbocycles. The third-order valence-corrected chi connectivity index (χ3v) is 6.65. The first-order chi connectivity index (χ1) is 10.6. The van der Waals surface area contributed by atoms with Crippen LogP contribution in [0.4, 0.5) is 0 Å². The Labute approximate surface area is 128 Å². The fourth-order valence-corrected chi connectivity index (χ4v) is 5.19. The van der Waals surface area contributed by atoms with E-state index in [0.29, 0.717) is 15.9 Å². The van der Waals surface area contributed by atoms with Crippen LogP contribution in [0.2, 0.25) is 0 Å². The van der Waals surface area contributed by atoms with Crippen molar-refractivity contribution in [1.82, 2.24) is 0 Å². The van der Waals surface area contributed by atoms with E-state index >= 15 is 0 Å². The summed E-state index contributed by atoms with van der Waals surface area (Å²) in [6, 6.07) is 22.3. The molecular weight excluding hydrogens is 295 g/mol. The van der Waals surface area contributed by atoms with E-state index in [9.17, 15) is 14.8 Å². The van der Waals surface area contributed by atoms with Gasteiger partial charge in [-0.1, -0.05) is 60.7 Å². The van der Waals surface area contributed by atoms with Crippen molar-refractivity contribution in [3.63, 3.8) is 0 Å². The van der Waals surface area contributed by atoms with E-state index in [0.717, 1.165) is 0 Å². The maximum absolute atomic E-state index is 13.9. The Balaban J connectivity index is 2.31. The van der Waals surface area contributed by atoms with Crippen molar-refractivity contribution < 1.29 is 14.8 Å². The number of aromatic hydroxyl groups is 2. The van der Waals surface area contributed by atoms with Gasteiger partial charge in [-0.25, -0.2) is 0 Å². The highest BCUT2D eigenvalue weighted by molar-refractivity contribution is 7.85. The molecular formula is C18H15O3P. The van der Waals surface area contributed by atoms with Gasteiger partial charge in [-0.3, -0.25) is 0 Å². The van der Waals surface area contributed by atoms with Crippen LogP contribution in [0.5, 0.6) is 11.5 Å². The van der Waals surface area contributed by atoms with Gasteiger partial charge in [0.25, 0.3) is 0 Å². The van der Waals surface area contributed by atoms with Gasteiger partial charge in [0.15, 0.2) is 7.14 Å². The fraction of sp³-hybridized carbons (Fsp3) is 0. The highest BCUT2D eigenvalue weighted by atomic mass is 31.2. The van der Waals surface area contributed by atoms with Crippen molar-refractivity contribution in [3.05, 3.63) is 78.9 Å². The van der Waals surface area contributed by atoms with E-state index in [4.69, 9.17) is 0 Å². The molecule has 0 spiro atoms. The molecule has 0 bridgehead atoms. The topological polar surface area (TPSA) is 57.5 Å². The molecule has 0 atom stereocenters. The second kappa shape index (κ2) is 5.70. The zero-order valence-corrected chi connectivity index (χ0v) is 12.6. The van der Waals surface area contributed by atoms with E-state index in [1.807, 2.05) is 36.4 Å². The zero-order chi connectivity index (χ0) is 15.6. The molecule has 0 amide bonds. The second-order valence-corrected chi connectivity index (χ2v) is 7.69. The predicted octanol–water partition coefficient (Wildman–Crippen LogP) is 2.74. The van der Waals surface area contributed by atoms with Crippen LogP contribution >= 0.6 is 7.14 Å². The minimum atomic E-state index is -3.20. The Kier molecular flexibility index (Phi) is 3.74. The number of phenols is 2. The summed E-state index contributed by atoms with van der Waals surface area (Å²) < 4.78 is 13.9. The zero-order valence-electron chi connectivity index (χ0n) is 11.8. The van der Waals surface area contributed by atoms with E-state index in [2.05, 4.69) is 0 Å². The lowest BCUT2D eigenvalue weighted by Gasteiger charge is -2.20. The van der Waals surface area contributed by atoms with Gasteiger partial charge in [-0.15, -0.1) is 0 Å². The molecule has 3 nitrogen and oxygen atoms in total. The van der Waals surface area contributed by atoms with Gasteiger partial charge < -0.3 is 14.8 Å². The molecule has 0 heterocycles. The van der Waals surface area contributed by atoms with Crippen molar-refractivity contribution in [2.75, 3.05) is 0 Å². The third kappa shape index (κ3) is 2.40. The van der Waals surface area contributed by atoms with Gasteiger partial charge in [0.1, 0.15) is 11.5 Å². The lowest BCUT2D eigenvalue weighted by molar-refractivity contribution is 0.453. The van der Waals surface area contributed by atoms with Crippen LogP contribution in [0.1, 0.15) is 0 Å². The number of rotatable bonds is 3. The number of hydrogen-bond acceptors (Lipinski definition) is 3. The van der Waals surface area contributed by atoms with Crippen LogP contribution in [0.25, 0.3) is 0 Å². The molecule has 0 aliphatic rings. The lowest BCUT2D eigenvalue weighted by atomic mass is 10.3. The molecule has 0 aliphatic heterocycles. The molecule has 3 aromatic rings. The van der Waals surface area contributed by atoms with Crippen LogP contribution < -0.4 is 15.9 Å². The van der Waals surface area contributed by atoms with Crippen LogP contribution in [0.3, 0.4) is 0 Å². The molecule has 4 heteroatoms. The van der Waals surface area contributed by atoms with Crippen molar-refractivity contribution in [3.8, 4) is 11.5 Å². The normalized spacial score (nSPS) is 11.3. The van der Waals surface area contributed by atoms with Gasteiger partial charge in [-0.2, -0.15) is 0 Å². The molecule has 110 valence electrons. The fourth-order valence-electron chi connectivity index (χ4n) is 2.48. The molecule has 0 radical (unpaired) electrons. The van der Waals surface area contributed by atoms with Crippen LogP contribution in [-0.2, 0) is 4.57 Å². The van der Waals surface area contributed by atoms with Gasteiger partial charge in [0.2, 0.25) is 0 Å². The van der Waals surface area contributed by atoms with Crippen molar-refractivity contribution in [1.29, 1.82) is 0 Å². The lowest BCUT2D eigenvalue weighted by Crippen LogP contribution is -2.25. The number of hydrogen-bond donors (Lipinski definition) is 2. The smallest absolute Gasteiger partial charge is 0.174 e. The number of benzene rings is 3. The largest absolute Gasteiger partial charge is 0.508 e. The monoisotopic (exact) mass is 310 g/mol. The van der Waals surface area contributed by atoms with E-state index in [1.54, 1.807) is 24.3 Å². The average Bonchev–Trinajstić information content (AvgIpc) is 2.56. The van der Waals surface area contributed by atoms with Crippen molar-refractivity contribution >= 4 is 23.1 Å². The molecule has 0 saturated heterocycles. The van der Waals surface area contributed by atoms with Crippen molar-refractivity contribution in [2.24, 2.45) is 0 Å². The Morgan fingerprint density at radius 3 is 1.64 bits per heavy atom. The van der Waals surface area contributed by atoms with Gasteiger partial charge in [0, 0.05) is 16.7 Å². The van der Waals surface area contributed by atoms with Crippen LogP contribution in [-0.4, -0.2) is 10.2 Å². The molecule has 22 heavy (non-hydrogen) atoms. The molecule has 2 N–H and O–H groups in total. The minimum Gasteiger partial charge on any atom is -0.508 e. The Morgan fingerprint density at radius 2 is 1.18 bits per heavy atom. The predicted molar refractivity (Wildman–Crippen MR) is 89.2 cm³/mol. The van der Waals surface area contributed by atoms with Gasteiger partial charge in [-0.05, 0) is 12.1 Å². The highest BCUT2D eigenvalue weighted by Gasteiger charge is 2.32. The molecule has 0 saturated carbocycles. The maximum Gasteiger partial charge on any atom is 0.174 e. The van der Waals surface area contributed by atoms with E-state index in [-0.39, 0.29) is 11.5 Å². The van der Waals surface area contributed by atoms with Crippen LogP contribution in [0.15, 0.2) is 78.9 Å². The summed E-state index contributed by atoms with van der Waals surface area (Å²) in [5.74, 6) is -0.232. The SMILES string of the molecule is O=P(c1ccccc1)(c1ccccc1)c1ccc(O)cc1O. The van der Waals surface area contributed by atoms with E-state index < -0.39 is 7.14 Å². The summed E-state index contributed by atoms with van der Waals surface area (Å²) in [5.41, 5.74) is 0. The standard InChI is InChI=1S/C18H15O3P/c19-14-11-12-18(17(20)13-14)22(21,15-7-3-1-4-8-15)16-9-5-2-6-10-16/h1-13,19-20H. The summed E-state index contributed by atoms with van der Waals surface area (Å²) in [4.78, 5) is 0. The molecule has 0 aromatic heterocycles. The van der Waals surface area contributed by atoms with E-state index in [1.165, 1.54) is 18.2 Å². The van der Waals surface area contributed by atoms with Crippen LogP contribution in [0, 0.1) is 0 Å². The number of phenolic OH excluding ortho intramolecular Hbond substituents is 2. The summed E-state index contributed by atoms with van der Waals surface area (Å²) in [7, 11) is -3.20. The maximum atomic E-state index is 13.9. The summed E-state index contributed by atoms with van der Waals surface area (Å²) in [5, 5.41) is 21.3. The van der Waals surface area contributed by atoms with Gasteiger partial charge in [0.05, 0.1) is 5.30 Å². The Morgan fingerprint density at radius 1 is 0.682 bits per heavy atom. The highest BCUT2D eigenvalue weighted by Crippen LogP contribution is 2.45. The Hall–Kier alpha value is -2.51. The molecule has 3 aromatic carbocycles.